The molecule has 0 N–H and O–H groups in total. The fourth-order valence-electron chi connectivity index (χ4n) is 5.18. The van der Waals surface area contributed by atoms with Crippen molar-refractivity contribution in [2.45, 2.75) is 18.9 Å². The van der Waals surface area contributed by atoms with Gasteiger partial charge in [0.05, 0.1) is 30.5 Å². The lowest BCUT2D eigenvalue weighted by Crippen LogP contribution is -2.38. The van der Waals surface area contributed by atoms with Gasteiger partial charge < -0.3 is 9.47 Å². The van der Waals surface area contributed by atoms with Crippen molar-refractivity contribution in [1.29, 1.82) is 0 Å². The van der Waals surface area contributed by atoms with E-state index in [1.54, 1.807) is 14.2 Å². The zero-order chi connectivity index (χ0) is 25.4. The topological polar surface area (TPSA) is 52.8 Å². The van der Waals surface area contributed by atoms with E-state index in [2.05, 4.69) is 24.3 Å². The second-order valence-corrected chi connectivity index (χ2v) is 10.0. The minimum atomic E-state index is -0.329. The highest BCUT2D eigenvalue weighted by molar-refractivity contribution is 7.07. The maximum absolute atomic E-state index is 13.9. The highest BCUT2D eigenvalue weighted by atomic mass is 32.1. The molecule has 2 aliphatic rings. The van der Waals surface area contributed by atoms with Crippen molar-refractivity contribution in [2.75, 3.05) is 14.2 Å². The number of ether oxygens (including phenoxy) is 2. The Kier molecular flexibility index (Phi) is 6.10. The van der Waals surface area contributed by atoms with Gasteiger partial charge in [0.2, 0.25) is 0 Å². The van der Waals surface area contributed by atoms with Crippen LogP contribution in [-0.2, 0) is 6.42 Å². The fraction of sp³-hybridized carbons (Fsp3) is 0.161. The number of aryl methyl sites for hydroxylation is 1. The maximum atomic E-state index is 13.9. The molecule has 6 heteroatoms. The number of benzene rings is 3. The summed E-state index contributed by atoms with van der Waals surface area (Å²) in [6, 6.07) is 23.9. The van der Waals surface area contributed by atoms with Gasteiger partial charge in [0.25, 0.3) is 5.56 Å². The molecule has 0 fully saturated rings. The second kappa shape index (κ2) is 9.71. The van der Waals surface area contributed by atoms with E-state index in [0.29, 0.717) is 9.33 Å². The van der Waals surface area contributed by atoms with Crippen LogP contribution in [0.25, 0.3) is 17.8 Å². The van der Waals surface area contributed by atoms with Crippen LogP contribution in [0.15, 0.2) is 94.2 Å². The van der Waals surface area contributed by atoms with Crippen molar-refractivity contribution in [2.24, 2.45) is 4.99 Å². The van der Waals surface area contributed by atoms with Crippen LogP contribution in [0.2, 0.25) is 0 Å². The Morgan fingerprint density at radius 2 is 1.78 bits per heavy atom. The molecule has 37 heavy (non-hydrogen) atoms. The van der Waals surface area contributed by atoms with Gasteiger partial charge in [-0.25, -0.2) is 4.99 Å². The standard InChI is InChI=1S/C31H26N2O3S/c1-35-22-16-18-26(36-2)25(19-22)29-24-17-15-21-12-6-7-13-23(21)28(24)32-31-33(29)30(34)27(37-31)14-8-11-20-9-4-3-5-10-20/h3-14,16,18-19,29H,15,17H2,1-2H3/b11-8+,27-14-. The second-order valence-electron chi connectivity index (χ2n) is 9.01. The number of thiazole rings is 1. The Balaban J connectivity index is 1.58. The van der Waals surface area contributed by atoms with E-state index < -0.39 is 0 Å². The van der Waals surface area contributed by atoms with E-state index in [9.17, 15) is 4.79 Å². The van der Waals surface area contributed by atoms with Gasteiger partial charge in [0, 0.05) is 11.1 Å². The summed E-state index contributed by atoms with van der Waals surface area (Å²) >= 11 is 1.42. The molecule has 1 atom stereocenters. The molecular weight excluding hydrogens is 480 g/mol. The number of fused-ring (bicyclic) bond motifs is 3. The summed E-state index contributed by atoms with van der Waals surface area (Å²) in [6.45, 7) is 0. The van der Waals surface area contributed by atoms with Crippen LogP contribution in [0.1, 0.15) is 34.7 Å². The molecule has 0 saturated heterocycles. The van der Waals surface area contributed by atoms with E-state index in [-0.39, 0.29) is 11.6 Å². The summed E-state index contributed by atoms with van der Waals surface area (Å²) < 4.78 is 13.8. The third-order valence-electron chi connectivity index (χ3n) is 6.94. The van der Waals surface area contributed by atoms with Crippen LogP contribution >= 0.6 is 11.3 Å². The van der Waals surface area contributed by atoms with Crippen LogP contribution in [0.3, 0.4) is 0 Å². The Morgan fingerprint density at radius 3 is 2.59 bits per heavy atom. The molecular formula is C31H26N2O3S. The summed E-state index contributed by atoms with van der Waals surface area (Å²) in [7, 11) is 3.31. The number of aromatic nitrogens is 1. The molecule has 1 aliphatic heterocycles. The van der Waals surface area contributed by atoms with Crippen molar-refractivity contribution in [3.05, 3.63) is 126 Å². The Labute approximate surface area is 219 Å². The fourth-order valence-corrected chi connectivity index (χ4v) is 6.13. The molecule has 6 rings (SSSR count). The largest absolute Gasteiger partial charge is 0.497 e. The number of hydrogen-bond acceptors (Lipinski definition) is 5. The molecule has 184 valence electrons. The summed E-state index contributed by atoms with van der Waals surface area (Å²) in [5, 5.41) is 0. The van der Waals surface area contributed by atoms with Crippen LogP contribution in [-0.4, -0.2) is 18.8 Å². The van der Waals surface area contributed by atoms with Gasteiger partial charge in [0.1, 0.15) is 11.5 Å². The van der Waals surface area contributed by atoms with E-state index in [4.69, 9.17) is 14.5 Å². The Morgan fingerprint density at radius 1 is 0.973 bits per heavy atom. The SMILES string of the molecule is COc1ccc(OC)c(C2C3=C(N=c4s/c(=C\C=C\c5ccccc5)c(=O)n42)c2ccccc2CC3)c1. The van der Waals surface area contributed by atoms with Crippen molar-refractivity contribution >= 4 is 29.2 Å². The highest BCUT2D eigenvalue weighted by Gasteiger charge is 2.34. The molecule has 2 heterocycles. The predicted molar refractivity (Wildman–Crippen MR) is 149 cm³/mol. The number of methoxy groups -OCH3 is 2. The molecule has 1 aromatic heterocycles. The first-order chi connectivity index (χ1) is 18.2. The average molecular weight is 507 g/mol. The first-order valence-corrected chi connectivity index (χ1v) is 13.1. The highest BCUT2D eigenvalue weighted by Crippen LogP contribution is 2.44. The monoisotopic (exact) mass is 506 g/mol. The lowest BCUT2D eigenvalue weighted by atomic mass is 9.83. The zero-order valence-corrected chi connectivity index (χ0v) is 21.5. The van der Waals surface area contributed by atoms with Gasteiger partial charge in [-0.05, 0) is 53.8 Å². The predicted octanol–water partition coefficient (Wildman–Crippen LogP) is 5.00. The Bertz CT molecular complexity index is 1730. The first kappa shape index (κ1) is 23.3. The summed E-state index contributed by atoms with van der Waals surface area (Å²) in [4.78, 5) is 19.6. The van der Waals surface area contributed by atoms with Crippen LogP contribution in [0.5, 0.6) is 11.5 Å². The van der Waals surface area contributed by atoms with Crippen LogP contribution in [0, 0.1) is 0 Å². The Hall–Kier alpha value is -4.16. The minimum absolute atomic E-state index is 0.0539. The van der Waals surface area contributed by atoms with Gasteiger partial charge in [-0.3, -0.25) is 9.36 Å². The third kappa shape index (κ3) is 4.13. The van der Waals surface area contributed by atoms with E-state index in [1.807, 2.05) is 71.3 Å². The number of allylic oxidation sites excluding steroid dienone is 2. The van der Waals surface area contributed by atoms with Gasteiger partial charge in [0.15, 0.2) is 4.80 Å². The molecule has 4 aromatic rings. The molecule has 0 spiro atoms. The molecule has 1 unspecified atom stereocenters. The smallest absolute Gasteiger partial charge is 0.271 e. The molecule has 5 nitrogen and oxygen atoms in total. The van der Waals surface area contributed by atoms with E-state index in [0.717, 1.165) is 52.3 Å². The van der Waals surface area contributed by atoms with Crippen molar-refractivity contribution in [3.8, 4) is 11.5 Å². The van der Waals surface area contributed by atoms with Gasteiger partial charge in [-0.15, -0.1) is 0 Å². The maximum Gasteiger partial charge on any atom is 0.271 e. The van der Waals surface area contributed by atoms with Crippen molar-refractivity contribution in [1.82, 2.24) is 4.57 Å². The van der Waals surface area contributed by atoms with Gasteiger partial charge >= 0.3 is 0 Å². The lowest BCUT2D eigenvalue weighted by Gasteiger charge is -2.31. The summed E-state index contributed by atoms with van der Waals surface area (Å²) in [5.74, 6) is 1.44. The van der Waals surface area contributed by atoms with Crippen molar-refractivity contribution in [3.63, 3.8) is 0 Å². The van der Waals surface area contributed by atoms with E-state index >= 15 is 0 Å². The first-order valence-electron chi connectivity index (χ1n) is 12.2. The number of nitrogens with zero attached hydrogens (tertiary/aromatic N) is 2. The van der Waals surface area contributed by atoms with Gasteiger partial charge in [-0.2, -0.15) is 0 Å². The van der Waals surface area contributed by atoms with E-state index in [1.165, 1.54) is 16.9 Å². The van der Waals surface area contributed by atoms with Crippen LogP contribution in [0.4, 0.5) is 0 Å². The average Bonchev–Trinajstić information content (AvgIpc) is 3.26. The molecule has 0 saturated carbocycles. The molecule has 0 amide bonds. The molecule has 1 aliphatic carbocycles. The normalized spacial score (nSPS) is 16.7. The molecule has 0 radical (unpaired) electrons. The quantitative estimate of drug-likeness (QED) is 0.383. The third-order valence-corrected chi connectivity index (χ3v) is 7.94. The molecule has 3 aromatic carbocycles. The summed E-state index contributed by atoms with van der Waals surface area (Å²) in [5.41, 5.74) is 6.44. The number of rotatable bonds is 5. The minimum Gasteiger partial charge on any atom is -0.497 e. The lowest BCUT2D eigenvalue weighted by molar-refractivity contribution is 0.392. The molecule has 0 bridgehead atoms. The number of hydrogen-bond donors (Lipinski definition) is 0. The van der Waals surface area contributed by atoms with Crippen molar-refractivity contribution < 1.29 is 9.47 Å². The van der Waals surface area contributed by atoms with Gasteiger partial charge in [-0.1, -0.05) is 78.1 Å². The summed E-state index contributed by atoms with van der Waals surface area (Å²) in [6.07, 6.45) is 7.53. The van der Waals surface area contributed by atoms with Crippen LogP contribution < -0.4 is 24.4 Å². The zero-order valence-electron chi connectivity index (χ0n) is 20.7.